The number of carbonyl (C=O) groups is 1. The first kappa shape index (κ1) is 17.8. The Kier molecular flexibility index (Phi) is 5.69. The summed E-state index contributed by atoms with van der Waals surface area (Å²) in [6, 6.07) is 8.93. The van der Waals surface area contributed by atoms with Gasteiger partial charge in [-0.25, -0.2) is 0 Å². The van der Waals surface area contributed by atoms with Crippen molar-refractivity contribution in [1.82, 2.24) is 10.2 Å². The maximum absolute atomic E-state index is 11.8. The van der Waals surface area contributed by atoms with Gasteiger partial charge in [0, 0.05) is 31.6 Å². The number of rotatable bonds is 5. The summed E-state index contributed by atoms with van der Waals surface area (Å²) in [6.45, 7) is 11.9. The molecule has 1 heterocycles. The molecule has 1 aromatic carbocycles. The minimum absolute atomic E-state index is 0.176. The van der Waals surface area contributed by atoms with Crippen molar-refractivity contribution in [3.05, 3.63) is 29.8 Å². The Morgan fingerprint density at radius 2 is 2.00 bits per heavy atom. The molecule has 4 nitrogen and oxygen atoms in total. The van der Waals surface area contributed by atoms with E-state index in [4.69, 9.17) is 4.74 Å². The van der Waals surface area contributed by atoms with Gasteiger partial charge in [0.1, 0.15) is 11.4 Å². The lowest BCUT2D eigenvalue weighted by molar-refractivity contribution is -0.129. The Bertz CT molecular complexity index is 519. The number of nitrogens with one attached hydrogen (secondary N) is 1. The van der Waals surface area contributed by atoms with E-state index in [0.29, 0.717) is 12.5 Å². The number of likely N-dealkylation sites (tertiary alicyclic amines) is 1. The van der Waals surface area contributed by atoms with Gasteiger partial charge in [-0.2, -0.15) is 0 Å². The van der Waals surface area contributed by atoms with Gasteiger partial charge in [0.05, 0.1) is 0 Å². The molecule has 1 aliphatic rings. The van der Waals surface area contributed by atoms with Crippen molar-refractivity contribution < 1.29 is 9.53 Å². The molecule has 23 heavy (non-hydrogen) atoms. The van der Waals surface area contributed by atoms with Gasteiger partial charge in [-0.15, -0.1) is 0 Å². The fourth-order valence-electron chi connectivity index (χ4n) is 2.97. The van der Waals surface area contributed by atoms with Crippen molar-refractivity contribution in [2.24, 2.45) is 0 Å². The van der Waals surface area contributed by atoms with Crippen LogP contribution >= 0.6 is 0 Å². The third kappa shape index (κ3) is 5.24. The number of ether oxygens (including phenoxy) is 1. The number of nitrogens with zero attached hydrogens (tertiary/aromatic N) is 1. The molecule has 0 spiro atoms. The fourth-order valence-corrected chi connectivity index (χ4v) is 2.97. The highest BCUT2D eigenvalue weighted by atomic mass is 16.5. The average Bonchev–Trinajstić information content (AvgIpc) is 2.94. The summed E-state index contributed by atoms with van der Waals surface area (Å²) in [5, 5.41) is 3.64. The molecule has 0 bridgehead atoms. The van der Waals surface area contributed by atoms with E-state index in [1.165, 1.54) is 5.56 Å². The normalized spacial score (nSPS) is 19.7. The first-order valence-corrected chi connectivity index (χ1v) is 8.61. The van der Waals surface area contributed by atoms with E-state index < -0.39 is 0 Å². The lowest BCUT2D eigenvalue weighted by Crippen LogP contribution is -2.36. The summed E-state index contributed by atoms with van der Waals surface area (Å²) < 4.78 is 5.86. The Balaban J connectivity index is 1.89. The predicted molar refractivity (Wildman–Crippen MR) is 93.6 cm³/mol. The summed E-state index contributed by atoms with van der Waals surface area (Å²) >= 11 is 0. The molecule has 0 aliphatic carbocycles. The van der Waals surface area contributed by atoms with Gasteiger partial charge in [-0.3, -0.25) is 4.79 Å². The topological polar surface area (TPSA) is 41.6 Å². The van der Waals surface area contributed by atoms with Crippen LogP contribution in [-0.2, 0) is 4.79 Å². The number of amides is 1. The second-order valence-electron chi connectivity index (χ2n) is 7.35. The first-order chi connectivity index (χ1) is 10.8. The molecule has 4 heteroatoms. The highest BCUT2D eigenvalue weighted by Gasteiger charge is 2.26. The Labute approximate surface area is 140 Å². The average molecular weight is 318 g/mol. The molecule has 2 rings (SSSR count). The monoisotopic (exact) mass is 318 g/mol. The molecule has 0 saturated carbocycles. The van der Waals surface area contributed by atoms with Gasteiger partial charge in [0.2, 0.25) is 5.91 Å². The van der Waals surface area contributed by atoms with Crippen LogP contribution in [0.4, 0.5) is 0 Å². The van der Waals surface area contributed by atoms with Crippen LogP contribution in [0.25, 0.3) is 0 Å². The number of hydrogen-bond acceptors (Lipinski definition) is 3. The van der Waals surface area contributed by atoms with E-state index >= 15 is 0 Å². The van der Waals surface area contributed by atoms with Crippen molar-refractivity contribution in [2.45, 2.75) is 65.1 Å². The summed E-state index contributed by atoms with van der Waals surface area (Å²) in [7, 11) is 0. The Morgan fingerprint density at radius 3 is 2.57 bits per heavy atom. The predicted octanol–water partition coefficient (Wildman–Crippen LogP) is 3.53. The van der Waals surface area contributed by atoms with E-state index in [2.05, 4.69) is 45.1 Å². The van der Waals surface area contributed by atoms with Crippen molar-refractivity contribution in [3.8, 4) is 5.75 Å². The smallest absolute Gasteiger partial charge is 0.222 e. The molecule has 0 unspecified atom stereocenters. The standard InChI is InChI=1S/C19H30N2O2/c1-6-18(22)21-12-11-16(13-21)20-14(2)15-7-9-17(10-8-15)23-19(3,4)5/h7-10,14,16,20H,6,11-13H2,1-5H3/t14-,16+/m1/s1. The SMILES string of the molecule is CCC(=O)N1CC[C@H](N[C@H](C)c2ccc(OC(C)(C)C)cc2)C1. The van der Waals surface area contributed by atoms with Crippen LogP contribution < -0.4 is 10.1 Å². The fraction of sp³-hybridized carbons (Fsp3) is 0.632. The summed E-state index contributed by atoms with van der Waals surface area (Å²) in [5.41, 5.74) is 1.07. The van der Waals surface area contributed by atoms with Crippen LogP contribution in [0.1, 0.15) is 59.1 Å². The lowest BCUT2D eigenvalue weighted by atomic mass is 10.1. The van der Waals surface area contributed by atoms with E-state index in [9.17, 15) is 4.79 Å². The van der Waals surface area contributed by atoms with Gasteiger partial charge in [-0.1, -0.05) is 19.1 Å². The van der Waals surface area contributed by atoms with Gasteiger partial charge in [-0.05, 0) is 51.8 Å². The molecule has 1 aliphatic heterocycles. The lowest BCUT2D eigenvalue weighted by Gasteiger charge is -2.23. The van der Waals surface area contributed by atoms with Gasteiger partial charge in [0.25, 0.3) is 0 Å². The third-order valence-corrected chi connectivity index (χ3v) is 4.13. The molecule has 128 valence electrons. The third-order valence-electron chi connectivity index (χ3n) is 4.13. The van der Waals surface area contributed by atoms with Crippen LogP contribution in [0.15, 0.2) is 24.3 Å². The van der Waals surface area contributed by atoms with Gasteiger partial charge >= 0.3 is 0 Å². The molecule has 1 fully saturated rings. The second kappa shape index (κ2) is 7.35. The largest absolute Gasteiger partial charge is 0.488 e. The van der Waals surface area contributed by atoms with E-state index in [1.807, 2.05) is 24.0 Å². The second-order valence-corrected chi connectivity index (χ2v) is 7.35. The summed E-state index contributed by atoms with van der Waals surface area (Å²) in [4.78, 5) is 13.7. The molecule has 1 N–H and O–H groups in total. The molecule has 1 saturated heterocycles. The molecule has 1 amide bonds. The van der Waals surface area contributed by atoms with E-state index in [0.717, 1.165) is 25.3 Å². The molecular weight excluding hydrogens is 288 g/mol. The minimum Gasteiger partial charge on any atom is -0.488 e. The van der Waals surface area contributed by atoms with E-state index in [1.54, 1.807) is 0 Å². The molecule has 0 radical (unpaired) electrons. The van der Waals surface area contributed by atoms with Crippen LogP contribution in [0.5, 0.6) is 5.75 Å². The summed E-state index contributed by atoms with van der Waals surface area (Å²) in [6.07, 6.45) is 1.62. The van der Waals surface area contributed by atoms with Crippen LogP contribution in [0.2, 0.25) is 0 Å². The Morgan fingerprint density at radius 1 is 1.35 bits per heavy atom. The van der Waals surface area contributed by atoms with Crippen molar-refractivity contribution in [3.63, 3.8) is 0 Å². The number of carbonyl (C=O) groups excluding carboxylic acids is 1. The maximum atomic E-state index is 11.8. The zero-order valence-electron chi connectivity index (χ0n) is 15.1. The van der Waals surface area contributed by atoms with Crippen molar-refractivity contribution in [1.29, 1.82) is 0 Å². The Hall–Kier alpha value is -1.55. The maximum Gasteiger partial charge on any atom is 0.222 e. The molecule has 0 aromatic heterocycles. The highest BCUT2D eigenvalue weighted by Crippen LogP contribution is 2.22. The van der Waals surface area contributed by atoms with Crippen molar-refractivity contribution >= 4 is 5.91 Å². The van der Waals surface area contributed by atoms with Gasteiger partial charge < -0.3 is 15.0 Å². The zero-order chi connectivity index (χ0) is 17.0. The number of benzene rings is 1. The molecule has 2 atom stereocenters. The molecular formula is C19H30N2O2. The quantitative estimate of drug-likeness (QED) is 0.903. The van der Waals surface area contributed by atoms with Crippen LogP contribution in [-0.4, -0.2) is 35.5 Å². The van der Waals surface area contributed by atoms with Crippen LogP contribution in [0.3, 0.4) is 0 Å². The van der Waals surface area contributed by atoms with E-state index in [-0.39, 0.29) is 17.6 Å². The number of hydrogen-bond donors (Lipinski definition) is 1. The van der Waals surface area contributed by atoms with Gasteiger partial charge in [0.15, 0.2) is 0 Å². The first-order valence-electron chi connectivity index (χ1n) is 8.61. The van der Waals surface area contributed by atoms with Crippen molar-refractivity contribution in [2.75, 3.05) is 13.1 Å². The highest BCUT2D eigenvalue weighted by molar-refractivity contribution is 5.76. The zero-order valence-corrected chi connectivity index (χ0v) is 15.1. The molecule has 1 aromatic rings. The minimum atomic E-state index is -0.176. The van der Waals surface area contributed by atoms with Crippen LogP contribution in [0, 0.1) is 0 Å². The summed E-state index contributed by atoms with van der Waals surface area (Å²) in [5.74, 6) is 1.15.